The molecule has 3 aromatic heterocycles. The van der Waals surface area contributed by atoms with Crippen LogP contribution >= 0.6 is 0 Å². The van der Waals surface area contributed by atoms with Crippen LogP contribution in [-0.2, 0) is 6.54 Å². The molecule has 3 aromatic rings. The van der Waals surface area contributed by atoms with Crippen LogP contribution in [0.2, 0.25) is 0 Å². The second-order valence-corrected chi connectivity index (χ2v) is 6.61. The molecule has 2 saturated carbocycles. The quantitative estimate of drug-likeness (QED) is 0.729. The van der Waals surface area contributed by atoms with E-state index in [-0.39, 0.29) is 0 Å². The Morgan fingerprint density at radius 2 is 2.12 bits per heavy atom. The molecule has 122 valence electrons. The average Bonchev–Trinajstić information content (AvgIpc) is 3.55. The minimum Gasteiger partial charge on any atom is -0.361 e. The summed E-state index contributed by atoms with van der Waals surface area (Å²) < 4.78 is 2.36. The van der Waals surface area contributed by atoms with Crippen molar-refractivity contribution in [2.24, 2.45) is 0 Å². The fourth-order valence-electron chi connectivity index (χ4n) is 3.06. The van der Waals surface area contributed by atoms with Crippen molar-refractivity contribution < 1.29 is 0 Å². The monoisotopic (exact) mass is 321 g/mol. The fourth-order valence-corrected chi connectivity index (χ4v) is 3.06. The van der Waals surface area contributed by atoms with Gasteiger partial charge >= 0.3 is 0 Å². The van der Waals surface area contributed by atoms with E-state index in [9.17, 15) is 0 Å². The number of nitrogens with one attached hydrogen (secondary N) is 2. The van der Waals surface area contributed by atoms with E-state index >= 15 is 0 Å². The van der Waals surface area contributed by atoms with E-state index in [1.54, 1.807) is 6.20 Å². The summed E-state index contributed by atoms with van der Waals surface area (Å²) >= 11 is 0. The number of hydrogen-bond donors (Lipinski definition) is 2. The Bertz CT molecular complexity index is 843. The summed E-state index contributed by atoms with van der Waals surface area (Å²) in [5.74, 6) is 3.65. The third-order valence-electron chi connectivity index (χ3n) is 4.63. The van der Waals surface area contributed by atoms with E-state index in [4.69, 9.17) is 0 Å². The predicted octanol–water partition coefficient (Wildman–Crippen LogP) is 2.89. The van der Waals surface area contributed by atoms with E-state index in [1.807, 2.05) is 24.4 Å². The van der Waals surface area contributed by atoms with Crippen molar-refractivity contribution >= 4 is 5.82 Å². The molecule has 0 radical (unpaired) electrons. The molecule has 0 amide bonds. The van der Waals surface area contributed by atoms with Crippen LogP contribution in [0.25, 0.3) is 11.3 Å². The highest BCUT2D eigenvalue weighted by molar-refractivity contribution is 5.61. The van der Waals surface area contributed by atoms with Gasteiger partial charge in [0.25, 0.3) is 0 Å². The molecule has 2 aliphatic carbocycles. The number of rotatable bonds is 6. The Morgan fingerprint density at radius 3 is 2.88 bits per heavy atom. The molecule has 24 heavy (non-hydrogen) atoms. The number of nitrogens with zero attached hydrogens (tertiary/aromatic N) is 5. The van der Waals surface area contributed by atoms with Gasteiger partial charge in [-0.05, 0) is 37.8 Å². The van der Waals surface area contributed by atoms with Crippen molar-refractivity contribution in [3.05, 3.63) is 42.2 Å². The third kappa shape index (κ3) is 2.55. The molecular formula is C17H19N7. The Morgan fingerprint density at radius 1 is 1.21 bits per heavy atom. The molecule has 2 fully saturated rings. The van der Waals surface area contributed by atoms with Gasteiger partial charge in [0.2, 0.25) is 0 Å². The number of aromatic amines is 1. The van der Waals surface area contributed by atoms with Gasteiger partial charge in [0.1, 0.15) is 11.6 Å². The van der Waals surface area contributed by atoms with E-state index in [2.05, 4.69) is 35.3 Å². The van der Waals surface area contributed by atoms with Crippen LogP contribution in [0.5, 0.6) is 0 Å². The molecule has 7 nitrogen and oxygen atoms in total. The highest BCUT2D eigenvalue weighted by Gasteiger charge is 2.36. The Balaban J connectivity index is 1.32. The van der Waals surface area contributed by atoms with Crippen LogP contribution in [0.4, 0.5) is 5.82 Å². The molecule has 0 saturated heterocycles. The van der Waals surface area contributed by atoms with Crippen molar-refractivity contribution in [3.63, 3.8) is 0 Å². The van der Waals surface area contributed by atoms with Gasteiger partial charge in [-0.3, -0.25) is 10.1 Å². The van der Waals surface area contributed by atoms with Crippen LogP contribution in [-0.4, -0.2) is 29.9 Å². The zero-order valence-corrected chi connectivity index (χ0v) is 13.3. The first-order chi connectivity index (χ1) is 11.9. The lowest BCUT2D eigenvalue weighted by Gasteiger charge is -2.08. The second-order valence-electron chi connectivity index (χ2n) is 6.61. The first-order valence-corrected chi connectivity index (χ1v) is 8.52. The highest BCUT2D eigenvalue weighted by Crippen LogP contribution is 2.44. The number of H-pyrrole nitrogens is 1. The number of pyridine rings is 1. The molecule has 0 bridgehead atoms. The van der Waals surface area contributed by atoms with Crippen molar-refractivity contribution in [1.82, 2.24) is 29.9 Å². The van der Waals surface area contributed by atoms with E-state index in [0.717, 1.165) is 22.9 Å². The predicted molar refractivity (Wildman–Crippen MR) is 89.4 cm³/mol. The molecular weight excluding hydrogens is 302 g/mol. The summed E-state index contributed by atoms with van der Waals surface area (Å²) in [4.78, 5) is 4.14. The maximum Gasteiger partial charge on any atom is 0.152 e. The summed E-state index contributed by atoms with van der Waals surface area (Å²) in [5, 5.41) is 19.6. The van der Waals surface area contributed by atoms with Crippen LogP contribution in [0.15, 0.2) is 30.6 Å². The van der Waals surface area contributed by atoms with Gasteiger partial charge < -0.3 is 9.88 Å². The lowest BCUT2D eigenvalue weighted by Crippen LogP contribution is -2.10. The van der Waals surface area contributed by atoms with Crippen LogP contribution in [0.1, 0.15) is 49.3 Å². The van der Waals surface area contributed by atoms with E-state index < -0.39 is 0 Å². The topological polar surface area (TPSA) is 84.3 Å². The maximum atomic E-state index is 4.44. The molecule has 3 heterocycles. The molecule has 7 heteroatoms. The highest BCUT2D eigenvalue weighted by atomic mass is 15.3. The van der Waals surface area contributed by atoms with Crippen molar-refractivity contribution in [1.29, 1.82) is 0 Å². The second kappa shape index (κ2) is 5.43. The van der Waals surface area contributed by atoms with Crippen LogP contribution in [0.3, 0.4) is 0 Å². The first kappa shape index (κ1) is 13.7. The molecule has 0 aliphatic heterocycles. The lowest BCUT2D eigenvalue weighted by molar-refractivity contribution is 0.650. The van der Waals surface area contributed by atoms with Crippen molar-refractivity contribution in [2.45, 2.75) is 44.2 Å². The minimum absolute atomic E-state index is 0.609. The zero-order valence-electron chi connectivity index (χ0n) is 13.3. The third-order valence-corrected chi connectivity index (χ3v) is 4.63. The summed E-state index contributed by atoms with van der Waals surface area (Å²) in [6.07, 6.45) is 8.60. The standard InChI is InChI=1S/C17H19N7/c1-2-12(9-18-7-1)14-8-15(21-20-14)19-10-16-22-23-17(11-3-4-11)24(16)13-5-6-13/h1-2,7-9,11,13H,3-6,10H2,(H2,19,20,21). The molecule has 5 rings (SSSR count). The van der Waals surface area contributed by atoms with Gasteiger partial charge in [0, 0.05) is 36.0 Å². The van der Waals surface area contributed by atoms with Gasteiger partial charge in [-0.15, -0.1) is 10.2 Å². The smallest absolute Gasteiger partial charge is 0.152 e. The van der Waals surface area contributed by atoms with E-state index in [1.165, 1.54) is 31.5 Å². The largest absolute Gasteiger partial charge is 0.361 e. The molecule has 0 spiro atoms. The summed E-state index contributed by atoms with van der Waals surface area (Å²) in [6.45, 7) is 0.646. The maximum absolute atomic E-state index is 4.44. The van der Waals surface area contributed by atoms with E-state index in [0.29, 0.717) is 18.5 Å². The Hall–Kier alpha value is -2.70. The number of hydrogen-bond acceptors (Lipinski definition) is 5. The van der Waals surface area contributed by atoms with Crippen molar-refractivity contribution in [3.8, 4) is 11.3 Å². The molecule has 2 N–H and O–H groups in total. The van der Waals surface area contributed by atoms with Crippen molar-refractivity contribution in [2.75, 3.05) is 5.32 Å². The molecule has 0 aromatic carbocycles. The molecule has 2 aliphatic rings. The Kier molecular flexibility index (Phi) is 3.11. The van der Waals surface area contributed by atoms with Crippen LogP contribution in [0, 0.1) is 0 Å². The molecule has 0 atom stereocenters. The number of aromatic nitrogens is 6. The summed E-state index contributed by atoms with van der Waals surface area (Å²) in [5.41, 5.74) is 1.98. The van der Waals surface area contributed by atoms with Gasteiger partial charge in [-0.2, -0.15) is 5.10 Å². The van der Waals surface area contributed by atoms with Gasteiger partial charge in [0.05, 0.1) is 12.2 Å². The van der Waals surface area contributed by atoms with Gasteiger partial charge in [-0.25, -0.2) is 0 Å². The summed E-state index contributed by atoms with van der Waals surface area (Å²) in [6, 6.07) is 6.53. The lowest BCUT2D eigenvalue weighted by atomic mass is 10.2. The minimum atomic E-state index is 0.609. The summed E-state index contributed by atoms with van der Waals surface area (Å²) in [7, 11) is 0. The van der Waals surface area contributed by atoms with Gasteiger partial charge in [-0.1, -0.05) is 0 Å². The molecule has 0 unspecified atom stereocenters. The normalized spacial score (nSPS) is 17.2. The van der Waals surface area contributed by atoms with Gasteiger partial charge in [0.15, 0.2) is 5.82 Å². The fraction of sp³-hybridized carbons (Fsp3) is 0.412. The zero-order chi connectivity index (χ0) is 15.9. The SMILES string of the molecule is c1cncc(-c2cc(NCc3nnc(C4CC4)n3C3CC3)n[nH]2)c1. The average molecular weight is 321 g/mol. The Labute approximate surface area is 139 Å². The van der Waals surface area contributed by atoms with Crippen LogP contribution < -0.4 is 5.32 Å². The first-order valence-electron chi connectivity index (χ1n) is 8.52. The number of anilines is 1.